The molecule has 0 aromatic heterocycles. The van der Waals surface area contributed by atoms with Crippen molar-refractivity contribution in [1.82, 2.24) is 10.6 Å². The van der Waals surface area contributed by atoms with E-state index in [0.717, 1.165) is 30.6 Å². The van der Waals surface area contributed by atoms with Crippen molar-refractivity contribution in [2.45, 2.75) is 60.9 Å². The van der Waals surface area contributed by atoms with E-state index in [0.29, 0.717) is 13.0 Å². The Balaban J connectivity index is 2.37. The molecule has 25 heavy (non-hydrogen) atoms. The first-order valence-corrected chi connectivity index (χ1v) is 9.10. The van der Waals surface area contributed by atoms with Crippen molar-refractivity contribution in [1.29, 1.82) is 0 Å². The molecule has 4 heteroatoms. The molecule has 0 heterocycles. The first-order chi connectivity index (χ1) is 11.5. The SMILES string of the molecule is CC(C)(C)CNCCCC(=O)c1ccc(CNC(=O)C(C)(C)C)cc1. The zero-order chi connectivity index (χ0) is 19.1. The maximum absolute atomic E-state index is 12.2. The highest BCUT2D eigenvalue weighted by molar-refractivity contribution is 5.96. The van der Waals surface area contributed by atoms with Gasteiger partial charge in [-0.3, -0.25) is 9.59 Å². The molecule has 0 radical (unpaired) electrons. The highest BCUT2D eigenvalue weighted by Gasteiger charge is 2.20. The number of Topliss-reactive ketones (excluding diaryl/α,β-unsaturated/α-hetero) is 1. The molecule has 0 aliphatic heterocycles. The Bertz CT molecular complexity index is 563. The molecule has 0 saturated heterocycles. The molecule has 0 atom stereocenters. The van der Waals surface area contributed by atoms with Crippen LogP contribution in [-0.4, -0.2) is 24.8 Å². The van der Waals surface area contributed by atoms with Gasteiger partial charge in [0.2, 0.25) is 5.91 Å². The quantitative estimate of drug-likeness (QED) is 0.553. The fourth-order valence-electron chi connectivity index (χ4n) is 2.24. The van der Waals surface area contributed by atoms with Gasteiger partial charge in [0.15, 0.2) is 5.78 Å². The molecule has 1 rings (SSSR count). The van der Waals surface area contributed by atoms with E-state index in [9.17, 15) is 9.59 Å². The summed E-state index contributed by atoms with van der Waals surface area (Å²) < 4.78 is 0. The minimum atomic E-state index is -0.392. The normalized spacial score (nSPS) is 12.1. The average Bonchev–Trinajstić information content (AvgIpc) is 2.50. The summed E-state index contributed by atoms with van der Waals surface area (Å²) in [6, 6.07) is 7.52. The van der Waals surface area contributed by atoms with Gasteiger partial charge in [0.25, 0.3) is 0 Å². The minimum absolute atomic E-state index is 0.0235. The summed E-state index contributed by atoms with van der Waals surface area (Å²) in [5.41, 5.74) is 1.61. The second-order valence-electron chi connectivity index (χ2n) is 8.89. The first kappa shape index (κ1) is 21.4. The number of carbonyl (C=O) groups excluding carboxylic acids is 2. The highest BCUT2D eigenvalue weighted by atomic mass is 16.2. The lowest BCUT2D eigenvalue weighted by Crippen LogP contribution is -2.34. The largest absolute Gasteiger partial charge is 0.352 e. The van der Waals surface area contributed by atoms with Gasteiger partial charge in [-0.25, -0.2) is 0 Å². The second kappa shape index (κ2) is 9.14. The van der Waals surface area contributed by atoms with E-state index in [4.69, 9.17) is 0 Å². The number of rotatable bonds is 8. The van der Waals surface area contributed by atoms with Crippen molar-refractivity contribution in [3.8, 4) is 0 Å². The third-order valence-corrected chi connectivity index (χ3v) is 3.82. The molecule has 0 aliphatic carbocycles. The summed E-state index contributed by atoms with van der Waals surface area (Å²) in [7, 11) is 0. The summed E-state index contributed by atoms with van der Waals surface area (Å²) in [6.45, 7) is 14.5. The van der Waals surface area contributed by atoms with Crippen LogP contribution in [0.4, 0.5) is 0 Å². The van der Waals surface area contributed by atoms with E-state index < -0.39 is 5.41 Å². The number of ketones is 1. The van der Waals surface area contributed by atoms with Gasteiger partial charge in [0, 0.05) is 23.9 Å². The summed E-state index contributed by atoms with van der Waals surface area (Å²) in [5, 5.41) is 6.30. The Kier molecular flexibility index (Phi) is 7.81. The van der Waals surface area contributed by atoms with Crippen molar-refractivity contribution < 1.29 is 9.59 Å². The Morgan fingerprint density at radius 1 is 0.960 bits per heavy atom. The van der Waals surface area contributed by atoms with Crippen molar-refractivity contribution in [2.24, 2.45) is 10.8 Å². The molecular weight excluding hydrogens is 312 g/mol. The molecule has 1 aromatic rings. The van der Waals surface area contributed by atoms with Crippen molar-refractivity contribution in [3.05, 3.63) is 35.4 Å². The second-order valence-corrected chi connectivity index (χ2v) is 8.89. The van der Waals surface area contributed by atoms with Gasteiger partial charge >= 0.3 is 0 Å². The van der Waals surface area contributed by atoms with Crippen molar-refractivity contribution in [3.63, 3.8) is 0 Å². The molecule has 140 valence electrons. The molecule has 0 fully saturated rings. The monoisotopic (exact) mass is 346 g/mol. The van der Waals surface area contributed by atoms with Gasteiger partial charge in [-0.1, -0.05) is 65.8 Å². The van der Waals surface area contributed by atoms with E-state index in [1.807, 2.05) is 45.0 Å². The van der Waals surface area contributed by atoms with Crippen LogP contribution >= 0.6 is 0 Å². The summed E-state index contributed by atoms with van der Waals surface area (Å²) in [6.07, 6.45) is 1.40. The van der Waals surface area contributed by atoms with Crippen molar-refractivity contribution >= 4 is 11.7 Å². The molecule has 0 unspecified atom stereocenters. The van der Waals surface area contributed by atoms with E-state index in [1.165, 1.54) is 0 Å². The average molecular weight is 347 g/mol. The Labute approximate surface area is 152 Å². The minimum Gasteiger partial charge on any atom is -0.352 e. The molecule has 0 bridgehead atoms. The fourth-order valence-corrected chi connectivity index (χ4v) is 2.24. The van der Waals surface area contributed by atoms with Crippen LogP contribution in [0.2, 0.25) is 0 Å². The van der Waals surface area contributed by atoms with E-state index >= 15 is 0 Å². The van der Waals surface area contributed by atoms with Crippen LogP contribution in [0.25, 0.3) is 0 Å². The third-order valence-electron chi connectivity index (χ3n) is 3.82. The predicted molar refractivity (Wildman–Crippen MR) is 104 cm³/mol. The Hall–Kier alpha value is -1.68. The lowest BCUT2D eigenvalue weighted by atomic mass is 9.95. The standard InChI is InChI=1S/C21H34N2O2/c1-20(2,3)15-22-13-7-8-18(24)17-11-9-16(10-12-17)14-23-19(25)21(4,5)6/h9-12,22H,7-8,13-15H2,1-6H3,(H,23,25). The van der Waals surface area contributed by atoms with Crippen LogP contribution in [0.15, 0.2) is 24.3 Å². The summed E-state index contributed by atoms with van der Waals surface area (Å²) >= 11 is 0. The Morgan fingerprint density at radius 2 is 1.56 bits per heavy atom. The van der Waals surface area contributed by atoms with Gasteiger partial charge in [-0.05, 0) is 30.5 Å². The maximum Gasteiger partial charge on any atom is 0.225 e. The lowest BCUT2D eigenvalue weighted by Gasteiger charge is -2.18. The fraction of sp³-hybridized carbons (Fsp3) is 0.619. The number of nitrogens with one attached hydrogen (secondary N) is 2. The van der Waals surface area contributed by atoms with Crippen LogP contribution in [0, 0.1) is 10.8 Å². The van der Waals surface area contributed by atoms with Gasteiger partial charge < -0.3 is 10.6 Å². The topological polar surface area (TPSA) is 58.2 Å². The lowest BCUT2D eigenvalue weighted by molar-refractivity contribution is -0.128. The zero-order valence-electron chi connectivity index (χ0n) is 16.7. The smallest absolute Gasteiger partial charge is 0.225 e. The van der Waals surface area contributed by atoms with Crippen LogP contribution < -0.4 is 10.6 Å². The van der Waals surface area contributed by atoms with Crippen LogP contribution in [0.1, 0.15) is 70.3 Å². The number of carbonyl (C=O) groups is 2. The van der Waals surface area contributed by atoms with Crippen LogP contribution in [-0.2, 0) is 11.3 Å². The summed E-state index contributed by atoms with van der Waals surface area (Å²) in [5.74, 6) is 0.193. The highest BCUT2D eigenvalue weighted by Crippen LogP contribution is 2.14. The van der Waals surface area contributed by atoms with Gasteiger partial charge in [-0.15, -0.1) is 0 Å². The van der Waals surface area contributed by atoms with Crippen molar-refractivity contribution in [2.75, 3.05) is 13.1 Å². The molecule has 1 amide bonds. The van der Waals surface area contributed by atoms with E-state index in [2.05, 4.69) is 31.4 Å². The molecule has 0 aliphatic rings. The maximum atomic E-state index is 12.2. The number of hydrogen-bond acceptors (Lipinski definition) is 3. The summed E-state index contributed by atoms with van der Waals surface area (Å²) in [4.78, 5) is 24.1. The van der Waals surface area contributed by atoms with E-state index in [-0.39, 0.29) is 17.1 Å². The van der Waals surface area contributed by atoms with Gasteiger partial charge in [0.1, 0.15) is 0 Å². The molecule has 2 N–H and O–H groups in total. The third kappa shape index (κ3) is 8.82. The molecule has 0 spiro atoms. The molecule has 4 nitrogen and oxygen atoms in total. The molecule has 1 aromatic carbocycles. The predicted octanol–water partition coefficient (Wildman–Crippen LogP) is 3.95. The van der Waals surface area contributed by atoms with E-state index in [1.54, 1.807) is 0 Å². The first-order valence-electron chi connectivity index (χ1n) is 9.10. The number of hydrogen-bond donors (Lipinski definition) is 2. The Morgan fingerprint density at radius 3 is 2.08 bits per heavy atom. The van der Waals surface area contributed by atoms with Crippen LogP contribution in [0.3, 0.4) is 0 Å². The number of benzene rings is 1. The van der Waals surface area contributed by atoms with Crippen LogP contribution in [0.5, 0.6) is 0 Å². The van der Waals surface area contributed by atoms with Gasteiger partial charge in [0.05, 0.1) is 0 Å². The molecule has 0 saturated carbocycles. The zero-order valence-corrected chi connectivity index (χ0v) is 16.7. The number of amides is 1. The van der Waals surface area contributed by atoms with Gasteiger partial charge in [-0.2, -0.15) is 0 Å². The molecular formula is C21H34N2O2.